The van der Waals surface area contributed by atoms with E-state index >= 15 is 0 Å². The molecule has 0 saturated carbocycles. The van der Waals surface area contributed by atoms with Crippen LogP contribution in [0.25, 0.3) is 5.69 Å². The smallest absolute Gasteiger partial charge is 0.280 e. The molecular weight excluding hydrogens is 381 g/mol. The van der Waals surface area contributed by atoms with E-state index in [2.05, 4.69) is 17.0 Å². The van der Waals surface area contributed by atoms with E-state index in [0.717, 1.165) is 32.1 Å². The van der Waals surface area contributed by atoms with Crippen LogP contribution in [0.2, 0.25) is 0 Å². The van der Waals surface area contributed by atoms with Crippen molar-refractivity contribution in [3.63, 3.8) is 0 Å². The second-order valence-electron chi connectivity index (χ2n) is 6.51. The molecule has 0 aliphatic heterocycles. The number of aliphatic imine (C=N–C) groups is 1. The van der Waals surface area contributed by atoms with Gasteiger partial charge in [-0.3, -0.25) is 14.9 Å². The van der Waals surface area contributed by atoms with E-state index in [1.807, 2.05) is 0 Å². The lowest BCUT2D eigenvalue weighted by Gasteiger charge is -2.08. The first-order valence-electron chi connectivity index (χ1n) is 9.14. The van der Waals surface area contributed by atoms with E-state index in [4.69, 9.17) is 0 Å². The first kappa shape index (κ1) is 21.8. The molecule has 0 unspecified atom stereocenters. The third-order valence-electron chi connectivity index (χ3n) is 4.39. The van der Waals surface area contributed by atoms with Crippen LogP contribution in [0.5, 0.6) is 0 Å². The molecule has 0 amide bonds. The fourth-order valence-corrected chi connectivity index (χ4v) is 2.80. The molecule has 0 aliphatic carbocycles. The summed E-state index contributed by atoms with van der Waals surface area (Å²) in [5.41, 5.74) is -2.11. The van der Waals surface area contributed by atoms with Crippen LogP contribution < -0.4 is 5.56 Å². The third-order valence-corrected chi connectivity index (χ3v) is 4.39. The average molecular weight is 403 g/mol. The highest BCUT2D eigenvalue weighted by atomic mass is 19.2. The highest BCUT2D eigenvalue weighted by Gasteiger charge is 2.28. The van der Waals surface area contributed by atoms with Crippen LogP contribution in [-0.4, -0.2) is 22.5 Å². The molecule has 0 bridgehead atoms. The number of aromatic nitrogens is 2. The van der Waals surface area contributed by atoms with Crippen LogP contribution in [0, 0.1) is 36.0 Å². The standard InChI is InChI=1S/C19H22F5N3O/c1-3-4-5-6-7-8-9-25-10-12-11(2)26-27(19(12)28)18-16(23)14(21)13(20)15(22)17(18)24/h10,26H,3-9H2,1-2H3. The first-order valence-corrected chi connectivity index (χ1v) is 9.14. The Bertz CT molecular complexity index is 888. The van der Waals surface area contributed by atoms with Gasteiger partial charge >= 0.3 is 0 Å². The molecule has 1 N–H and O–H groups in total. The van der Waals surface area contributed by atoms with E-state index < -0.39 is 40.3 Å². The number of aryl methyl sites for hydroxylation is 1. The molecule has 1 heterocycles. The van der Waals surface area contributed by atoms with Gasteiger partial charge in [-0.1, -0.05) is 39.0 Å². The van der Waals surface area contributed by atoms with Gasteiger partial charge in [-0.05, 0) is 13.3 Å². The molecule has 0 fully saturated rings. The zero-order chi connectivity index (χ0) is 20.8. The van der Waals surface area contributed by atoms with Crippen molar-refractivity contribution in [2.24, 2.45) is 4.99 Å². The zero-order valence-electron chi connectivity index (χ0n) is 15.7. The van der Waals surface area contributed by atoms with Crippen molar-refractivity contribution < 1.29 is 22.0 Å². The molecule has 2 aromatic rings. The number of halogens is 5. The largest absolute Gasteiger partial charge is 0.294 e. The SMILES string of the molecule is CCCCCCCCN=Cc1c(C)[nH]n(-c2c(F)c(F)c(F)c(F)c2F)c1=O. The predicted octanol–water partition coefficient (Wildman–Crippen LogP) is 4.95. The lowest BCUT2D eigenvalue weighted by Crippen LogP contribution is -2.21. The Hall–Kier alpha value is -2.45. The summed E-state index contributed by atoms with van der Waals surface area (Å²) in [6, 6.07) is 0. The molecule has 1 aromatic carbocycles. The molecular formula is C19H22F5N3O. The van der Waals surface area contributed by atoms with Crippen molar-refractivity contribution >= 4 is 6.21 Å². The molecule has 9 heteroatoms. The maximum absolute atomic E-state index is 14.0. The Morgan fingerprint density at radius 3 is 2.04 bits per heavy atom. The zero-order valence-corrected chi connectivity index (χ0v) is 15.7. The highest BCUT2D eigenvalue weighted by molar-refractivity contribution is 5.80. The summed E-state index contributed by atoms with van der Waals surface area (Å²) in [6.07, 6.45) is 7.67. The minimum absolute atomic E-state index is 0.00470. The minimum atomic E-state index is -2.28. The number of H-pyrrole nitrogens is 1. The van der Waals surface area contributed by atoms with Gasteiger partial charge in [0.1, 0.15) is 5.69 Å². The van der Waals surface area contributed by atoms with Crippen LogP contribution in [0.3, 0.4) is 0 Å². The van der Waals surface area contributed by atoms with Gasteiger partial charge in [-0.25, -0.2) is 26.6 Å². The number of aromatic amines is 1. The summed E-state index contributed by atoms with van der Waals surface area (Å²) >= 11 is 0. The van der Waals surface area contributed by atoms with Crippen LogP contribution in [0.1, 0.15) is 56.7 Å². The van der Waals surface area contributed by atoms with Gasteiger partial charge in [0.05, 0.1) is 5.56 Å². The Balaban J connectivity index is 2.22. The number of benzene rings is 1. The second-order valence-corrected chi connectivity index (χ2v) is 6.51. The first-order chi connectivity index (χ1) is 13.3. The van der Waals surface area contributed by atoms with Gasteiger partial charge in [-0.15, -0.1) is 0 Å². The number of hydrogen-bond acceptors (Lipinski definition) is 2. The normalized spacial score (nSPS) is 11.7. The lowest BCUT2D eigenvalue weighted by atomic mass is 10.1. The number of hydrogen-bond donors (Lipinski definition) is 1. The van der Waals surface area contributed by atoms with E-state index in [-0.39, 0.29) is 11.3 Å². The maximum Gasteiger partial charge on any atom is 0.280 e. The molecule has 2 rings (SSSR count). The maximum atomic E-state index is 14.0. The van der Waals surface area contributed by atoms with E-state index in [1.165, 1.54) is 19.6 Å². The number of nitrogens with zero attached hydrogens (tertiary/aromatic N) is 2. The number of unbranched alkanes of at least 4 members (excludes halogenated alkanes) is 5. The Labute approximate surface area is 159 Å². The van der Waals surface area contributed by atoms with Gasteiger partial charge in [0.2, 0.25) is 5.82 Å². The molecule has 0 radical (unpaired) electrons. The van der Waals surface area contributed by atoms with Crippen LogP contribution in [-0.2, 0) is 0 Å². The molecule has 154 valence electrons. The van der Waals surface area contributed by atoms with Gasteiger partial charge in [0.15, 0.2) is 23.3 Å². The summed E-state index contributed by atoms with van der Waals surface area (Å²) in [6.45, 7) is 4.04. The van der Waals surface area contributed by atoms with Gasteiger partial charge in [-0.2, -0.15) is 0 Å². The van der Waals surface area contributed by atoms with Crippen molar-refractivity contribution in [2.45, 2.75) is 52.4 Å². The lowest BCUT2D eigenvalue weighted by molar-refractivity contribution is 0.373. The number of rotatable bonds is 9. The second kappa shape index (κ2) is 9.66. The summed E-state index contributed by atoms with van der Waals surface area (Å²) in [7, 11) is 0. The van der Waals surface area contributed by atoms with Crippen LogP contribution in [0.15, 0.2) is 9.79 Å². The van der Waals surface area contributed by atoms with Crippen molar-refractivity contribution in [3.8, 4) is 5.69 Å². The minimum Gasteiger partial charge on any atom is -0.294 e. The Kier molecular flexibility index (Phi) is 7.53. The molecule has 1 aromatic heterocycles. The highest BCUT2D eigenvalue weighted by Crippen LogP contribution is 2.25. The van der Waals surface area contributed by atoms with Crippen LogP contribution >= 0.6 is 0 Å². The van der Waals surface area contributed by atoms with E-state index in [1.54, 1.807) is 0 Å². The fourth-order valence-electron chi connectivity index (χ4n) is 2.80. The summed E-state index contributed by atoms with van der Waals surface area (Å²) in [4.78, 5) is 16.5. The average Bonchev–Trinajstić information content (AvgIpc) is 2.95. The molecule has 0 atom stereocenters. The Morgan fingerprint density at radius 2 is 1.43 bits per heavy atom. The quantitative estimate of drug-likeness (QED) is 0.208. The van der Waals surface area contributed by atoms with Crippen molar-refractivity contribution in [2.75, 3.05) is 6.54 Å². The molecule has 0 saturated heterocycles. The summed E-state index contributed by atoms with van der Waals surface area (Å²) < 4.78 is 68.2. The Morgan fingerprint density at radius 1 is 0.893 bits per heavy atom. The number of nitrogens with one attached hydrogen (secondary N) is 1. The van der Waals surface area contributed by atoms with Gasteiger partial charge in [0, 0.05) is 18.5 Å². The fraction of sp³-hybridized carbons (Fsp3) is 0.474. The van der Waals surface area contributed by atoms with Crippen LogP contribution in [0.4, 0.5) is 22.0 Å². The monoisotopic (exact) mass is 403 g/mol. The van der Waals surface area contributed by atoms with Gasteiger partial charge < -0.3 is 0 Å². The van der Waals surface area contributed by atoms with E-state index in [9.17, 15) is 26.7 Å². The van der Waals surface area contributed by atoms with E-state index in [0.29, 0.717) is 11.2 Å². The van der Waals surface area contributed by atoms with Crippen molar-refractivity contribution in [1.82, 2.24) is 9.78 Å². The van der Waals surface area contributed by atoms with Crippen molar-refractivity contribution in [3.05, 3.63) is 50.7 Å². The third kappa shape index (κ3) is 4.51. The predicted molar refractivity (Wildman–Crippen MR) is 96.8 cm³/mol. The molecule has 4 nitrogen and oxygen atoms in total. The van der Waals surface area contributed by atoms with Gasteiger partial charge in [0.25, 0.3) is 5.56 Å². The molecule has 28 heavy (non-hydrogen) atoms. The molecule has 0 spiro atoms. The van der Waals surface area contributed by atoms with Crippen molar-refractivity contribution in [1.29, 1.82) is 0 Å². The summed E-state index contributed by atoms with van der Waals surface area (Å²) in [5, 5.41) is 2.34. The summed E-state index contributed by atoms with van der Waals surface area (Å²) in [5.74, 6) is -10.7. The molecule has 0 aliphatic rings. The topological polar surface area (TPSA) is 50.1 Å².